The summed E-state index contributed by atoms with van der Waals surface area (Å²) in [6.07, 6.45) is 1.19. The summed E-state index contributed by atoms with van der Waals surface area (Å²) in [5.74, 6) is 1.52. The Balaban J connectivity index is 0. The van der Waals surface area contributed by atoms with Gasteiger partial charge in [-0.25, -0.2) is 16.8 Å². The van der Waals surface area contributed by atoms with E-state index < -0.39 is 34.4 Å². The van der Waals surface area contributed by atoms with Gasteiger partial charge in [0.05, 0.1) is 37.1 Å². The number of rotatable bonds is 15. The maximum atomic E-state index is 11.9. The second kappa shape index (κ2) is 15.7. The molecule has 0 spiro atoms. The summed E-state index contributed by atoms with van der Waals surface area (Å²) < 4.78 is 98.2. The summed E-state index contributed by atoms with van der Waals surface area (Å²) in [5, 5.41) is 0. The number of carbonyl (C=O) groups excluding carboxylic acids is 1. The Morgan fingerprint density at radius 2 is 1.54 bits per heavy atom. The SMILES string of the molecule is CO[Si](CCCSCC(C)C(=O)OCC[N+](C)(C)C)(OC)OC.CS(=O)(=O)[N-]S(=O)(=O)C(F)(F)F. The lowest BCUT2D eigenvalue weighted by Gasteiger charge is -2.24. The molecule has 35 heavy (non-hydrogen) atoms. The van der Waals surface area contributed by atoms with E-state index in [4.69, 9.17) is 18.0 Å². The van der Waals surface area contributed by atoms with Gasteiger partial charge in [0.25, 0.3) is 0 Å². The Hall–Kier alpha value is -0.473. The van der Waals surface area contributed by atoms with Crippen molar-refractivity contribution >= 4 is 46.6 Å². The van der Waals surface area contributed by atoms with Crippen molar-refractivity contribution in [3.8, 4) is 0 Å². The van der Waals surface area contributed by atoms with Crippen LogP contribution >= 0.6 is 11.8 Å². The average Bonchev–Trinajstić information content (AvgIpc) is 2.68. The van der Waals surface area contributed by atoms with Gasteiger partial charge in [0.2, 0.25) is 0 Å². The molecule has 0 aliphatic carbocycles. The summed E-state index contributed by atoms with van der Waals surface area (Å²) in [4.78, 5) is 11.9. The quantitative estimate of drug-likeness (QED) is 0.120. The molecule has 0 aromatic heterocycles. The highest BCUT2D eigenvalue weighted by Gasteiger charge is 2.40. The Kier molecular flexibility index (Phi) is 16.5. The molecular weight excluding hydrogens is 557 g/mol. The zero-order valence-corrected chi connectivity index (χ0v) is 24.7. The van der Waals surface area contributed by atoms with Gasteiger partial charge in [0.1, 0.15) is 13.2 Å². The van der Waals surface area contributed by atoms with Crippen LogP contribution in [-0.2, 0) is 42.9 Å². The van der Waals surface area contributed by atoms with Gasteiger partial charge in [-0.3, -0.25) is 4.79 Å². The number of sulfonamides is 2. The van der Waals surface area contributed by atoms with Crippen LogP contribution in [-0.4, -0.2) is 115 Å². The van der Waals surface area contributed by atoms with E-state index in [1.165, 1.54) is 0 Å². The summed E-state index contributed by atoms with van der Waals surface area (Å²) in [5.41, 5.74) is -5.67. The van der Waals surface area contributed by atoms with Gasteiger partial charge < -0.3 is 26.6 Å². The first-order chi connectivity index (χ1) is 15.7. The largest absolute Gasteiger partial charge is 0.500 e. The number of esters is 1. The van der Waals surface area contributed by atoms with Crippen LogP contribution in [0.1, 0.15) is 13.3 Å². The zero-order valence-electron chi connectivity index (χ0n) is 21.2. The van der Waals surface area contributed by atoms with E-state index in [1.807, 2.05) is 6.92 Å². The molecule has 1 atom stereocenters. The van der Waals surface area contributed by atoms with E-state index >= 15 is 0 Å². The monoisotopic (exact) mass is 594 g/mol. The molecule has 212 valence electrons. The maximum Gasteiger partial charge on any atom is 0.500 e. The first-order valence-electron chi connectivity index (χ1n) is 10.1. The number of hydrogen-bond acceptors (Lipinski definition) is 10. The molecule has 0 saturated carbocycles. The van der Waals surface area contributed by atoms with Crippen molar-refractivity contribution in [2.24, 2.45) is 5.92 Å². The Morgan fingerprint density at radius 3 is 1.89 bits per heavy atom. The number of hydrogen-bond donors (Lipinski definition) is 0. The number of alkyl halides is 3. The van der Waals surface area contributed by atoms with E-state index in [9.17, 15) is 34.8 Å². The van der Waals surface area contributed by atoms with Crippen LogP contribution in [0.5, 0.6) is 0 Å². The van der Waals surface area contributed by atoms with Crippen LogP contribution in [0, 0.1) is 5.92 Å². The number of thioether (sulfide) groups is 1. The third-order valence-corrected chi connectivity index (χ3v) is 10.6. The molecule has 0 rings (SSSR count). The predicted molar refractivity (Wildman–Crippen MR) is 130 cm³/mol. The third-order valence-electron chi connectivity index (χ3n) is 4.01. The topological polar surface area (TPSA) is 136 Å². The molecule has 0 fully saturated rings. The van der Waals surface area contributed by atoms with Gasteiger partial charge in [-0.2, -0.15) is 24.9 Å². The Morgan fingerprint density at radius 1 is 1.06 bits per heavy atom. The second-order valence-corrected chi connectivity index (χ2v) is 16.0. The van der Waals surface area contributed by atoms with Crippen molar-refractivity contribution in [2.75, 3.05) is 73.4 Å². The van der Waals surface area contributed by atoms with E-state index in [0.29, 0.717) is 6.61 Å². The fourth-order valence-electron chi connectivity index (χ4n) is 2.06. The normalized spacial score (nSPS) is 14.1. The second-order valence-electron chi connectivity index (χ2n) is 8.28. The molecule has 11 nitrogen and oxygen atoms in total. The molecule has 0 aliphatic rings. The zero-order chi connectivity index (χ0) is 28.1. The number of halogens is 3. The highest BCUT2D eigenvalue weighted by atomic mass is 32.3. The summed E-state index contributed by atoms with van der Waals surface area (Å²) in [6.45, 7) is 3.21. The molecule has 0 heterocycles. The fraction of sp³-hybridized carbons (Fsp3) is 0.941. The number of likely N-dealkylation sites (N-methyl/N-ethyl adjacent to an activating group) is 1. The highest BCUT2D eigenvalue weighted by Crippen LogP contribution is 2.29. The van der Waals surface area contributed by atoms with Gasteiger partial charge in [-0.15, -0.1) is 0 Å². The maximum absolute atomic E-state index is 11.9. The predicted octanol–water partition coefficient (Wildman–Crippen LogP) is 2.04. The van der Waals surface area contributed by atoms with Crippen molar-refractivity contribution < 1.29 is 57.3 Å². The van der Waals surface area contributed by atoms with Gasteiger partial charge in [-0.1, -0.05) is 6.92 Å². The molecular formula is C17H37F3N2O9S3Si. The van der Waals surface area contributed by atoms with Gasteiger partial charge >= 0.3 is 20.3 Å². The van der Waals surface area contributed by atoms with Crippen molar-refractivity contribution in [1.29, 1.82) is 0 Å². The molecule has 0 aromatic rings. The number of nitrogens with zero attached hydrogens (tertiary/aromatic N) is 2. The van der Waals surface area contributed by atoms with Crippen molar-refractivity contribution in [3.63, 3.8) is 0 Å². The van der Waals surface area contributed by atoms with E-state index in [0.717, 1.165) is 35.0 Å². The van der Waals surface area contributed by atoms with Gasteiger partial charge in [0, 0.05) is 39.4 Å². The molecule has 0 aliphatic heterocycles. The summed E-state index contributed by atoms with van der Waals surface area (Å²) in [7, 11) is -1.81. The molecule has 0 amide bonds. The lowest BCUT2D eigenvalue weighted by atomic mass is 10.2. The first-order valence-corrected chi connectivity index (χ1v) is 16.5. The lowest BCUT2D eigenvalue weighted by Crippen LogP contribution is -2.42. The summed E-state index contributed by atoms with van der Waals surface area (Å²) in [6, 6.07) is 0.784. The van der Waals surface area contributed by atoms with Crippen LogP contribution in [0.25, 0.3) is 4.13 Å². The highest BCUT2D eigenvalue weighted by molar-refractivity contribution is 8.12. The number of quaternary nitrogens is 1. The molecule has 18 heteroatoms. The lowest BCUT2D eigenvalue weighted by molar-refractivity contribution is -0.870. The third kappa shape index (κ3) is 17.6. The van der Waals surface area contributed by atoms with E-state index in [1.54, 1.807) is 37.2 Å². The van der Waals surface area contributed by atoms with Crippen LogP contribution in [0.15, 0.2) is 0 Å². The number of ether oxygens (including phenoxy) is 1. The van der Waals surface area contributed by atoms with E-state index in [2.05, 4.69) is 21.1 Å². The van der Waals surface area contributed by atoms with Crippen molar-refractivity contribution in [1.82, 2.24) is 0 Å². The van der Waals surface area contributed by atoms with Crippen molar-refractivity contribution in [3.05, 3.63) is 4.13 Å². The van der Waals surface area contributed by atoms with Crippen LogP contribution < -0.4 is 0 Å². The van der Waals surface area contributed by atoms with Crippen LogP contribution in [0.3, 0.4) is 0 Å². The smallest absolute Gasteiger partial charge is 0.459 e. The molecule has 0 radical (unpaired) electrons. The standard InChI is InChI=1S/C15H34NO5SSi.C2H3F3NO4S2/c1-14(15(17)21-10-9-16(2,3)4)13-22-11-8-12-23(18-5,19-6)20-7;1-11(7,8)6-12(9,10)2(3,4)5/h14H,8-13H2,1-7H3;1H3/q+1;-1. The minimum Gasteiger partial charge on any atom is -0.459 e. The van der Waals surface area contributed by atoms with Gasteiger partial charge in [0.15, 0.2) is 10.0 Å². The molecule has 0 bridgehead atoms. The fourth-order valence-corrected chi connectivity index (χ4v) is 6.81. The molecule has 0 saturated heterocycles. The average molecular weight is 595 g/mol. The van der Waals surface area contributed by atoms with Crippen LogP contribution in [0.2, 0.25) is 6.04 Å². The number of carbonyl (C=O) groups is 1. The minimum atomic E-state index is -5.92. The Bertz CT molecular complexity index is 824. The Labute approximate surface area is 212 Å². The summed E-state index contributed by atoms with van der Waals surface area (Å²) >= 11 is 1.75. The molecule has 1 unspecified atom stereocenters. The first kappa shape index (κ1) is 36.7. The van der Waals surface area contributed by atoms with Gasteiger partial charge in [-0.05, 0) is 12.2 Å². The van der Waals surface area contributed by atoms with Crippen LogP contribution in [0.4, 0.5) is 13.2 Å². The minimum absolute atomic E-state index is 0.0817. The molecule has 0 aromatic carbocycles. The molecule has 0 N–H and O–H groups in total. The van der Waals surface area contributed by atoms with E-state index in [-0.39, 0.29) is 18.1 Å². The van der Waals surface area contributed by atoms with Crippen molar-refractivity contribution in [2.45, 2.75) is 24.9 Å².